The fourth-order valence-corrected chi connectivity index (χ4v) is 3.61. The number of hydrogen-bond donors (Lipinski definition) is 0. The predicted octanol–water partition coefficient (Wildman–Crippen LogP) is 5.15. The van der Waals surface area contributed by atoms with Gasteiger partial charge in [-0.05, 0) is 40.5 Å². The second-order valence-electron chi connectivity index (χ2n) is 4.39. The van der Waals surface area contributed by atoms with E-state index in [1.165, 1.54) is 0 Å². The summed E-state index contributed by atoms with van der Waals surface area (Å²) in [5.41, 5.74) is 0.886. The van der Waals surface area contributed by atoms with Crippen molar-refractivity contribution in [2.75, 3.05) is 0 Å². The fraction of sp³-hybridized carbons (Fsp3) is 0.214. The lowest BCUT2D eigenvalue weighted by atomic mass is 10.1. The van der Waals surface area contributed by atoms with E-state index in [0.29, 0.717) is 0 Å². The molecule has 0 aliphatic rings. The molecule has 0 amide bonds. The van der Waals surface area contributed by atoms with Crippen LogP contribution in [0.4, 0.5) is 0 Å². The first-order valence-electron chi connectivity index (χ1n) is 6.05. The number of hydrogen-bond acceptors (Lipinski definition) is 2. The lowest BCUT2D eigenvalue weighted by Gasteiger charge is -2.13. The molecule has 0 saturated heterocycles. The van der Waals surface area contributed by atoms with Crippen molar-refractivity contribution in [2.24, 2.45) is 0 Å². The first-order chi connectivity index (χ1) is 9.19. The van der Waals surface area contributed by atoms with Gasteiger partial charge in [-0.25, -0.2) is 4.98 Å². The third-order valence-electron chi connectivity index (χ3n) is 3.15. The molecule has 0 saturated carbocycles. The van der Waals surface area contributed by atoms with Crippen LogP contribution < -0.4 is 0 Å². The van der Waals surface area contributed by atoms with Gasteiger partial charge >= 0.3 is 0 Å². The van der Waals surface area contributed by atoms with E-state index < -0.39 is 0 Å². The molecule has 1 atom stereocenters. The maximum atomic E-state index is 6.01. The van der Waals surface area contributed by atoms with E-state index in [-0.39, 0.29) is 6.04 Å². The van der Waals surface area contributed by atoms with Crippen molar-refractivity contribution in [3.05, 3.63) is 51.6 Å². The van der Waals surface area contributed by atoms with Crippen LogP contribution in [0.25, 0.3) is 11.0 Å². The number of halogens is 2. The van der Waals surface area contributed by atoms with Gasteiger partial charge in [0.25, 0.3) is 0 Å². The van der Waals surface area contributed by atoms with Crippen molar-refractivity contribution in [3.8, 4) is 0 Å². The van der Waals surface area contributed by atoms with E-state index >= 15 is 0 Å². The van der Waals surface area contributed by atoms with Crippen molar-refractivity contribution in [3.63, 3.8) is 0 Å². The summed E-state index contributed by atoms with van der Waals surface area (Å²) in [6, 6.07) is 6.33. The second-order valence-corrected chi connectivity index (χ2v) is 6.16. The Bertz CT molecular complexity index is 704. The van der Waals surface area contributed by atoms with Gasteiger partial charge in [0.15, 0.2) is 0 Å². The van der Waals surface area contributed by atoms with Gasteiger partial charge in [0.05, 0.1) is 16.8 Å². The van der Waals surface area contributed by atoms with E-state index in [9.17, 15) is 0 Å². The van der Waals surface area contributed by atoms with E-state index in [2.05, 4.69) is 60.5 Å². The Morgan fingerprint density at radius 3 is 2.84 bits per heavy atom. The minimum atomic E-state index is 0.181. The summed E-state index contributed by atoms with van der Waals surface area (Å²) in [6.45, 7) is 2.14. The van der Waals surface area contributed by atoms with Crippen LogP contribution in [0.15, 0.2) is 50.3 Å². The Labute approximate surface area is 127 Å². The molecule has 98 valence electrons. The van der Waals surface area contributed by atoms with Crippen molar-refractivity contribution >= 4 is 42.8 Å². The lowest BCUT2D eigenvalue weighted by Crippen LogP contribution is -2.06. The summed E-state index contributed by atoms with van der Waals surface area (Å²) in [6.07, 6.45) is 6.53. The molecule has 2 aromatic heterocycles. The first-order valence-corrected chi connectivity index (χ1v) is 7.63. The maximum Gasteiger partial charge on any atom is 0.148 e. The maximum absolute atomic E-state index is 6.01. The molecule has 0 spiro atoms. The number of rotatable bonds is 3. The van der Waals surface area contributed by atoms with Crippen molar-refractivity contribution in [1.82, 2.24) is 9.55 Å². The highest BCUT2D eigenvalue weighted by Gasteiger charge is 2.17. The predicted molar refractivity (Wildman–Crippen MR) is 82.3 cm³/mol. The van der Waals surface area contributed by atoms with Crippen LogP contribution in [0.5, 0.6) is 0 Å². The molecule has 1 aromatic carbocycles. The minimum absolute atomic E-state index is 0.181. The van der Waals surface area contributed by atoms with Crippen LogP contribution in [0.3, 0.4) is 0 Å². The zero-order chi connectivity index (χ0) is 13.4. The van der Waals surface area contributed by atoms with Crippen molar-refractivity contribution in [2.45, 2.75) is 19.4 Å². The monoisotopic (exact) mass is 382 g/mol. The normalized spacial score (nSPS) is 13.0. The molecule has 0 radical (unpaired) electrons. The number of imidazole rings is 1. The highest BCUT2D eigenvalue weighted by Crippen LogP contribution is 2.34. The molecule has 0 N–H and O–H groups in total. The van der Waals surface area contributed by atoms with Crippen LogP contribution in [-0.4, -0.2) is 9.55 Å². The third kappa shape index (κ3) is 2.37. The van der Waals surface area contributed by atoms with Crippen LogP contribution in [0.2, 0.25) is 0 Å². The smallest absolute Gasteiger partial charge is 0.148 e. The molecular formula is C14H12Br2N2O. The molecule has 0 aliphatic heterocycles. The van der Waals surface area contributed by atoms with Gasteiger partial charge < -0.3 is 8.98 Å². The van der Waals surface area contributed by atoms with Gasteiger partial charge in [-0.2, -0.15) is 0 Å². The van der Waals surface area contributed by atoms with Crippen LogP contribution in [0, 0.1) is 0 Å². The zero-order valence-corrected chi connectivity index (χ0v) is 13.5. The molecule has 5 heteroatoms. The molecule has 3 aromatic rings. The lowest BCUT2D eigenvalue weighted by molar-refractivity contribution is 0.439. The molecule has 2 heterocycles. The SMILES string of the molecule is CC[C@H](c1cc2cc(Br)cc(Br)c2o1)n1ccnc1. The number of furan rings is 1. The molecule has 0 fully saturated rings. The molecular weight excluding hydrogens is 372 g/mol. The van der Waals surface area contributed by atoms with Crippen LogP contribution in [0.1, 0.15) is 25.1 Å². The Morgan fingerprint density at radius 2 is 2.16 bits per heavy atom. The van der Waals surface area contributed by atoms with Gasteiger partial charge in [-0.1, -0.05) is 22.9 Å². The molecule has 0 unspecified atom stereocenters. The Morgan fingerprint density at radius 1 is 1.32 bits per heavy atom. The zero-order valence-electron chi connectivity index (χ0n) is 10.3. The standard InChI is InChI=1S/C14H12Br2N2O/c1-2-12(18-4-3-17-8-18)13-6-9-5-10(15)7-11(16)14(9)19-13/h3-8,12H,2H2,1H3/t12-/m1/s1. The van der Waals surface area contributed by atoms with Crippen LogP contribution in [-0.2, 0) is 0 Å². The third-order valence-corrected chi connectivity index (χ3v) is 4.20. The molecule has 0 aliphatic carbocycles. The van der Waals surface area contributed by atoms with Gasteiger partial charge in [-0.15, -0.1) is 0 Å². The number of benzene rings is 1. The number of fused-ring (bicyclic) bond motifs is 1. The van der Waals surface area contributed by atoms with E-state index in [1.807, 2.05) is 18.6 Å². The Balaban J connectivity index is 2.12. The van der Waals surface area contributed by atoms with E-state index in [0.717, 1.165) is 32.1 Å². The van der Waals surface area contributed by atoms with Crippen molar-refractivity contribution < 1.29 is 4.42 Å². The highest BCUT2D eigenvalue weighted by atomic mass is 79.9. The summed E-state index contributed by atoms with van der Waals surface area (Å²) in [4.78, 5) is 4.11. The summed E-state index contributed by atoms with van der Waals surface area (Å²) in [5.74, 6) is 0.953. The second kappa shape index (κ2) is 5.13. The van der Waals surface area contributed by atoms with Crippen molar-refractivity contribution in [1.29, 1.82) is 0 Å². The molecule has 3 nitrogen and oxygen atoms in total. The summed E-state index contributed by atoms with van der Waals surface area (Å²) >= 11 is 7.04. The summed E-state index contributed by atoms with van der Waals surface area (Å²) in [5, 5.41) is 1.09. The Hall–Kier alpha value is -1.07. The van der Waals surface area contributed by atoms with Gasteiger partial charge in [0.2, 0.25) is 0 Å². The van der Waals surface area contributed by atoms with E-state index in [1.54, 1.807) is 6.20 Å². The molecule has 19 heavy (non-hydrogen) atoms. The quantitative estimate of drug-likeness (QED) is 0.625. The summed E-state index contributed by atoms with van der Waals surface area (Å²) < 4.78 is 10.1. The van der Waals surface area contributed by atoms with Gasteiger partial charge in [-0.3, -0.25) is 0 Å². The molecule has 3 rings (SSSR count). The molecule has 0 bridgehead atoms. The Kier molecular flexibility index (Phi) is 3.50. The first kappa shape index (κ1) is 12.9. The number of aromatic nitrogens is 2. The fourth-order valence-electron chi connectivity index (χ4n) is 2.27. The summed E-state index contributed by atoms with van der Waals surface area (Å²) in [7, 11) is 0. The topological polar surface area (TPSA) is 31.0 Å². The largest absolute Gasteiger partial charge is 0.458 e. The van der Waals surface area contributed by atoms with E-state index in [4.69, 9.17) is 4.42 Å². The highest BCUT2D eigenvalue weighted by molar-refractivity contribution is 9.11. The average molecular weight is 384 g/mol. The average Bonchev–Trinajstić information content (AvgIpc) is 2.99. The minimum Gasteiger partial charge on any atom is -0.458 e. The van der Waals surface area contributed by atoms with Gasteiger partial charge in [0.1, 0.15) is 11.3 Å². The van der Waals surface area contributed by atoms with Crippen LogP contribution >= 0.6 is 31.9 Å². The van der Waals surface area contributed by atoms with Gasteiger partial charge in [0, 0.05) is 22.3 Å². The number of nitrogens with zero attached hydrogens (tertiary/aromatic N) is 2.